The molecular weight excluding hydrogens is 272 g/mol. The van der Waals surface area contributed by atoms with E-state index >= 15 is 0 Å². The van der Waals surface area contributed by atoms with Crippen molar-refractivity contribution in [3.63, 3.8) is 0 Å². The van der Waals surface area contributed by atoms with Crippen LogP contribution in [-0.4, -0.2) is 15.1 Å². The Bertz CT molecular complexity index is 1010. The zero-order chi connectivity index (χ0) is 15.3. The number of nitrogens with one attached hydrogen (secondary N) is 1. The van der Waals surface area contributed by atoms with Gasteiger partial charge in [-0.1, -0.05) is 29.8 Å². The van der Waals surface area contributed by atoms with E-state index in [1.165, 1.54) is 5.56 Å². The third-order valence-corrected chi connectivity index (χ3v) is 4.05. The average Bonchev–Trinajstić information content (AvgIpc) is 2.87. The van der Waals surface area contributed by atoms with Gasteiger partial charge in [0.25, 0.3) is 0 Å². The fourth-order valence-electron chi connectivity index (χ4n) is 3.03. The van der Waals surface area contributed by atoms with E-state index in [0.29, 0.717) is 0 Å². The van der Waals surface area contributed by atoms with Gasteiger partial charge in [0.2, 0.25) is 0 Å². The van der Waals surface area contributed by atoms with Gasteiger partial charge in [-0.15, -0.1) is 0 Å². The summed E-state index contributed by atoms with van der Waals surface area (Å²) in [7, 11) is 0. The number of aromatic nitrogens is 2. The van der Waals surface area contributed by atoms with Crippen LogP contribution in [0.2, 0.25) is 0 Å². The van der Waals surface area contributed by atoms with Gasteiger partial charge in [-0.3, -0.25) is 0 Å². The molecule has 0 aliphatic heterocycles. The first-order valence-electron chi connectivity index (χ1n) is 7.30. The fraction of sp³-hybridized carbons (Fsp3) is 0.105. The number of fused-ring (bicyclic) bond motifs is 3. The standard InChI is InChI=1S/C19H16N2O/c1-11-4-3-5-13(8-11)14-6-7-16(22)18-17(14)15-9-12(2)10-20-19(15)21-18/h3-10,22H,1-2H3,(H,20,21). The molecule has 3 heteroatoms. The molecule has 0 bridgehead atoms. The second-order valence-corrected chi connectivity index (χ2v) is 5.79. The largest absolute Gasteiger partial charge is 0.506 e. The molecule has 2 heterocycles. The monoisotopic (exact) mass is 288 g/mol. The van der Waals surface area contributed by atoms with Gasteiger partial charge in [0, 0.05) is 17.0 Å². The van der Waals surface area contributed by atoms with Gasteiger partial charge in [0.15, 0.2) is 0 Å². The lowest BCUT2D eigenvalue weighted by molar-refractivity contribution is 0.480. The first kappa shape index (κ1) is 12.9. The number of benzene rings is 2. The molecule has 2 N–H and O–H groups in total. The number of phenolic OH excluding ortho intramolecular Hbond substituents is 1. The molecule has 0 aliphatic rings. The number of hydrogen-bond donors (Lipinski definition) is 2. The summed E-state index contributed by atoms with van der Waals surface area (Å²) in [5.41, 5.74) is 6.12. The van der Waals surface area contributed by atoms with Crippen LogP contribution >= 0.6 is 0 Å². The predicted molar refractivity (Wildman–Crippen MR) is 90.2 cm³/mol. The Morgan fingerprint density at radius 2 is 1.86 bits per heavy atom. The molecule has 4 rings (SSSR count). The van der Waals surface area contributed by atoms with Crippen LogP contribution in [-0.2, 0) is 0 Å². The van der Waals surface area contributed by atoms with Crippen LogP contribution in [0.15, 0.2) is 48.7 Å². The number of aromatic amines is 1. The summed E-state index contributed by atoms with van der Waals surface area (Å²) in [4.78, 5) is 7.68. The Morgan fingerprint density at radius 3 is 2.68 bits per heavy atom. The number of hydrogen-bond acceptors (Lipinski definition) is 2. The lowest BCUT2D eigenvalue weighted by Crippen LogP contribution is -1.82. The van der Waals surface area contributed by atoms with Crippen molar-refractivity contribution in [2.24, 2.45) is 0 Å². The highest BCUT2D eigenvalue weighted by molar-refractivity contribution is 6.15. The zero-order valence-corrected chi connectivity index (χ0v) is 12.5. The van der Waals surface area contributed by atoms with Gasteiger partial charge in [0.1, 0.15) is 11.4 Å². The number of H-pyrrole nitrogens is 1. The first-order valence-corrected chi connectivity index (χ1v) is 7.30. The molecule has 0 atom stereocenters. The van der Waals surface area contributed by atoms with E-state index in [4.69, 9.17) is 0 Å². The summed E-state index contributed by atoms with van der Waals surface area (Å²) >= 11 is 0. The van der Waals surface area contributed by atoms with Crippen molar-refractivity contribution in [3.05, 3.63) is 59.8 Å². The Labute approximate surface area is 128 Å². The van der Waals surface area contributed by atoms with Gasteiger partial charge in [-0.05, 0) is 48.7 Å². The van der Waals surface area contributed by atoms with Crippen molar-refractivity contribution in [2.75, 3.05) is 0 Å². The Morgan fingerprint density at radius 1 is 1.00 bits per heavy atom. The van der Waals surface area contributed by atoms with E-state index in [1.807, 2.05) is 19.2 Å². The maximum absolute atomic E-state index is 10.2. The Hall–Kier alpha value is -2.81. The molecule has 0 spiro atoms. The minimum Gasteiger partial charge on any atom is -0.506 e. The van der Waals surface area contributed by atoms with Crippen LogP contribution < -0.4 is 0 Å². The van der Waals surface area contributed by atoms with Gasteiger partial charge in [0.05, 0.1) is 5.52 Å². The van der Waals surface area contributed by atoms with Crippen molar-refractivity contribution in [1.82, 2.24) is 9.97 Å². The molecular formula is C19H16N2O. The van der Waals surface area contributed by atoms with Crippen LogP contribution in [0.5, 0.6) is 5.75 Å². The quantitative estimate of drug-likeness (QED) is 0.533. The zero-order valence-electron chi connectivity index (χ0n) is 12.5. The van der Waals surface area contributed by atoms with Gasteiger partial charge in [-0.2, -0.15) is 0 Å². The minimum absolute atomic E-state index is 0.252. The Balaban J connectivity index is 2.17. The predicted octanol–water partition coefficient (Wildman–Crippen LogP) is 4.71. The number of rotatable bonds is 1. The maximum Gasteiger partial charge on any atom is 0.139 e. The third kappa shape index (κ3) is 1.86. The molecule has 0 radical (unpaired) electrons. The second-order valence-electron chi connectivity index (χ2n) is 5.79. The molecule has 2 aromatic carbocycles. The topological polar surface area (TPSA) is 48.9 Å². The van der Waals surface area contributed by atoms with Crippen LogP contribution in [0, 0.1) is 13.8 Å². The maximum atomic E-state index is 10.2. The molecule has 3 nitrogen and oxygen atoms in total. The summed E-state index contributed by atoms with van der Waals surface area (Å²) < 4.78 is 0. The smallest absolute Gasteiger partial charge is 0.139 e. The van der Waals surface area contributed by atoms with E-state index in [2.05, 4.69) is 47.2 Å². The van der Waals surface area contributed by atoms with Crippen LogP contribution in [0.3, 0.4) is 0 Å². The lowest BCUT2D eigenvalue weighted by atomic mass is 9.98. The highest BCUT2D eigenvalue weighted by Gasteiger charge is 2.14. The van der Waals surface area contributed by atoms with Crippen molar-refractivity contribution in [1.29, 1.82) is 0 Å². The lowest BCUT2D eigenvalue weighted by Gasteiger charge is -2.07. The summed E-state index contributed by atoms with van der Waals surface area (Å²) in [5, 5.41) is 12.3. The normalized spacial score (nSPS) is 11.4. The summed E-state index contributed by atoms with van der Waals surface area (Å²) in [6.45, 7) is 4.11. The molecule has 108 valence electrons. The van der Waals surface area contributed by atoms with Crippen molar-refractivity contribution < 1.29 is 5.11 Å². The molecule has 0 amide bonds. The molecule has 0 unspecified atom stereocenters. The van der Waals surface area contributed by atoms with E-state index < -0.39 is 0 Å². The number of aryl methyl sites for hydroxylation is 2. The fourth-order valence-corrected chi connectivity index (χ4v) is 3.03. The number of pyridine rings is 1. The van der Waals surface area contributed by atoms with E-state index in [0.717, 1.165) is 38.6 Å². The number of aromatic hydroxyl groups is 1. The summed E-state index contributed by atoms with van der Waals surface area (Å²) in [6.07, 6.45) is 1.83. The van der Waals surface area contributed by atoms with Crippen molar-refractivity contribution >= 4 is 21.9 Å². The van der Waals surface area contributed by atoms with Gasteiger partial charge >= 0.3 is 0 Å². The van der Waals surface area contributed by atoms with Crippen LogP contribution in [0.4, 0.5) is 0 Å². The van der Waals surface area contributed by atoms with Crippen LogP contribution in [0.25, 0.3) is 33.1 Å². The number of phenols is 1. The average molecular weight is 288 g/mol. The molecule has 0 saturated heterocycles. The third-order valence-electron chi connectivity index (χ3n) is 4.05. The summed E-state index contributed by atoms with van der Waals surface area (Å²) in [5.74, 6) is 0.252. The minimum atomic E-state index is 0.252. The van der Waals surface area contributed by atoms with Gasteiger partial charge in [-0.25, -0.2) is 4.98 Å². The molecule has 2 aromatic heterocycles. The SMILES string of the molecule is Cc1cccc(-c2ccc(O)c3[nH]c4ncc(C)cc4c23)c1. The van der Waals surface area contributed by atoms with Gasteiger partial charge < -0.3 is 10.1 Å². The molecule has 22 heavy (non-hydrogen) atoms. The second kappa shape index (κ2) is 4.60. The molecule has 0 fully saturated rings. The van der Waals surface area contributed by atoms with Crippen molar-refractivity contribution in [3.8, 4) is 16.9 Å². The first-order chi connectivity index (χ1) is 10.6. The highest BCUT2D eigenvalue weighted by Crippen LogP contribution is 2.38. The molecule has 4 aromatic rings. The highest BCUT2D eigenvalue weighted by atomic mass is 16.3. The summed E-state index contributed by atoms with van der Waals surface area (Å²) in [6, 6.07) is 14.2. The van der Waals surface area contributed by atoms with E-state index in [-0.39, 0.29) is 5.75 Å². The molecule has 0 aliphatic carbocycles. The van der Waals surface area contributed by atoms with E-state index in [1.54, 1.807) is 6.07 Å². The Kier molecular flexibility index (Phi) is 2.70. The van der Waals surface area contributed by atoms with E-state index in [9.17, 15) is 5.11 Å². The van der Waals surface area contributed by atoms with Crippen LogP contribution in [0.1, 0.15) is 11.1 Å². The molecule has 0 saturated carbocycles. The number of nitrogens with zero attached hydrogens (tertiary/aromatic N) is 1. The van der Waals surface area contributed by atoms with Crippen molar-refractivity contribution in [2.45, 2.75) is 13.8 Å².